The summed E-state index contributed by atoms with van der Waals surface area (Å²) in [5.41, 5.74) is -0.297. The van der Waals surface area contributed by atoms with Crippen molar-refractivity contribution in [2.45, 2.75) is 36.3 Å². The highest BCUT2D eigenvalue weighted by atomic mass is 16.5. The van der Waals surface area contributed by atoms with E-state index >= 15 is 0 Å². The second kappa shape index (κ2) is 4.61. The van der Waals surface area contributed by atoms with Gasteiger partial charge in [0.1, 0.15) is 11.9 Å². The summed E-state index contributed by atoms with van der Waals surface area (Å²) in [6, 6.07) is 6.88. The number of carbonyl (C=O) groups is 3. The molecule has 3 atom stereocenters. The van der Waals surface area contributed by atoms with Crippen LogP contribution in [0, 0.1) is 0 Å². The summed E-state index contributed by atoms with van der Waals surface area (Å²) >= 11 is 0. The van der Waals surface area contributed by atoms with E-state index in [-0.39, 0.29) is 18.1 Å². The number of benzene rings is 1. The topological polar surface area (TPSA) is 63.7 Å². The lowest BCUT2D eigenvalue weighted by Crippen LogP contribution is -2.67. The number of nitrogens with zero attached hydrogens (tertiary/aromatic N) is 1. The molecule has 1 amide bonds. The third-order valence-electron chi connectivity index (χ3n) is 5.57. The van der Waals surface area contributed by atoms with Crippen LogP contribution in [0.1, 0.15) is 24.8 Å². The van der Waals surface area contributed by atoms with Crippen molar-refractivity contribution in [3.8, 4) is 0 Å². The molecule has 3 aliphatic rings. The average molecular weight is 311 g/mol. The van der Waals surface area contributed by atoms with Crippen LogP contribution in [0.25, 0.3) is 0 Å². The van der Waals surface area contributed by atoms with Crippen LogP contribution in [0.5, 0.6) is 0 Å². The Morgan fingerprint density at radius 2 is 2.13 bits per heavy atom. The van der Waals surface area contributed by atoms with Gasteiger partial charge in [0.25, 0.3) is 0 Å². The fraction of sp³-hybridized carbons (Fsp3) is 0.389. The normalized spacial score (nSPS) is 34.3. The first-order chi connectivity index (χ1) is 11.1. The van der Waals surface area contributed by atoms with Crippen LogP contribution in [0.15, 0.2) is 36.4 Å². The van der Waals surface area contributed by atoms with E-state index in [1.54, 1.807) is 18.1 Å². The number of aldehydes is 1. The van der Waals surface area contributed by atoms with E-state index in [1.165, 1.54) is 6.08 Å². The van der Waals surface area contributed by atoms with Gasteiger partial charge in [0, 0.05) is 25.6 Å². The highest BCUT2D eigenvalue weighted by Gasteiger charge is 2.66. The minimum absolute atomic E-state index is 0.0222. The molecule has 0 aromatic heterocycles. The Kier molecular flexibility index (Phi) is 2.87. The summed E-state index contributed by atoms with van der Waals surface area (Å²) in [7, 11) is 1.60. The zero-order valence-electron chi connectivity index (χ0n) is 12.8. The van der Waals surface area contributed by atoms with Gasteiger partial charge in [0.15, 0.2) is 5.78 Å². The molecule has 2 aliphatic heterocycles. The van der Waals surface area contributed by atoms with E-state index in [2.05, 4.69) is 0 Å². The Balaban J connectivity index is 2.07. The van der Waals surface area contributed by atoms with Gasteiger partial charge in [-0.3, -0.25) is 9.59 Å². The van der Waals surface area contributed by atoms with Gasteiger partial charge in [0.2, 0.25) is 5.91 Å². The van der Waals surface area contributed by atoms with E-state index < -0.39 is 17.1 Å². The van der Waals surface area contributed by atoms with Crippen LogP contribution in [0.4, 0.5) is 5.69 Å². The molecular weight excluding hydrogens is 294 g/mol. The fourth-order valence-corrected chi connectivity index (χ4v) is 4.58. The number of methoxy groups -OCH3 is 1. The largest absolute Gasteiger partial charge is 0.372 e. The van der Waals surface area contributed by atoms with E-state index in [1.807, 2.05) is 24.3 Å². The molecule has 1 saturated heterocycles. The standard InChI is InChI=1S/C18H17NO4/c1-23-17-8-6-14(21)18(10-11-20)12-4-2-3-5-13(12)19(16(17)18)15(22)7-9-17/h2-6,8,11,16H,7,9-10H2,1H3/t16-,17-,18+/m0/s1. The van der Waals surface area contributed by atoms with Crippen molar-refractivity contribution in [1.82, 2.24) is 0 Å². The number of carbonyl (C=O) groups excluding carboxylic acids is 3. The lowest BCUT2D eigenvalue weighted by molar-refractivity contribution is -0.135. The summed E-state index contributed by atoms with van der Waals surface area (Å²) in [6.07, 6.45) is 4.99. The molecule has 1 aliphatic carbocycles. The smallest absolute Gasteiger partial charge is 0.227 e. The number of ether oxygens (including phenoxy) is 1. The number of allylic oxidation sites excluding steroid dienone is 1. The third-order valence-corrected chi connectivity index (χ3v) is 5.57. The first-order valence-electron chi connectivity index (χ1n) is 7.75. The number of anilines is 1. The Morgan fingerprint density at radius 1 is 1.35 bits per heavy atom. The van der Waals surface area contributed by atoms with Crippen LogP contribution in [0.2, 0.25) is 0 Å². The van der Waals surface area contributed by atoms with Crippen molar-refractivity contribution in [1.29, 1.82) is 0 Å². The van der Waals surface area contributed by atoms with Gasteiger partial charge in [-0.1, -0.05) is 18.2 Å². The lowest BCUT2D eigenvalue weighted by atomic mass is 9.61. The predicted octanol–water partition coefficient (Wildman–Crippen LogP) is 1.55. The minimum atomic E-state index is -1.04. The molecular formula is C18H17NO4. The number of amides is 1. The molecule has 2 heterocycles. The van der Waals surface area contributed by atoms with E-state index in [0.717, 1.165) is 17.5 Å². The summed E-state index contributed by atoms with van der Waals surface area (Å²) < 4.78 is 5.81. The number of para-hydroxylation sites is 1. The van der Waals surface area contributed by atoms with Gasteiger partial charge in [-0.15, -0.1) is 0 Å². The molecule has 118 valence electrons. The van der Waals surface area contributed by atoms with Crippen LogP contribution < -0.4 is 4.90 Å². The summed E-state index contributed by atoms with van der Waals surface area (Å²) in [5.74, 6) is -0.155. The molecule has 0 bridgehead atoms. The van der Waals surface area contributed by atoms with Crippen LogP contribution in [0.3, 0.4) is 0 Å². The third kappa shape index (κ3) is 1.53. The van der Waals surface area contributed by atoms with Crippen molar-refractivity contribution in [3.63, 3.8) is 0 Å². The average Bonchev–Trinajstić information content (AvgIpc) is 2.88. The zero-order valence-corrected chi connectivity index (χ0v) is 12.8. The van der Waals surface area contributed by atoms with Crippen molar-refractivity contribution >= 4 is 23.7 Å². The summed E-state index contributed by atoms with van der Waals surface area (Å²) in [5, 5.41) is 0. The number of fused-ring (bicyclic) bond motifs is 3. The number of hydrogen-bond acceptors (Lipinski definition) is 4. The van der Waals surface area contributed by atoms with Crippen molar-refractivity contribution in [2.75, 3.05) is 12.0 Å². The van der Waals surface area contributed by atoms with Crippen molar-refractivity contribution < 1.29 is 19.1 Å². The second-order valence-corrected chi connectivity index (χ2v) is 6.38. The van der Waals surface area contributed by atoms with Crippen molar-refractivity contribution in [3.05, 3.63) is 42.0 Å². The maximum Gasteiger partial charge on any atom is 0.227 e. The molecule has 23 heavy (non-hydrogen) atoms. The molecule has 0 radical (unpaired) electrons. The monoisotopic (exact) mass is 311 g/mol. The lowest BCUT2D eigenvalue weighted by Gasteiger charge is -2.51. The second-order valence-electron chi connectivity index (χ2n) is 6.38. The molecule has 0 N–H and O–H groups in total. The fourth-order valence-electron chi connectivity index (χ4n) is 4.58. The molecule has 0 saturated carbocycles. The maximum atomic E-state index is 12.9. The highest BCUT2D eigenvalue weighted by Crippen LogP contribution is 2.57. The van der Waals surface area contributed by atoms with E-state index in [4.69, 9.17) is 4.74 Å². The van der Waals surface area contributed by atoms with Crippen LogP contribution >= 0.6 is 0 Å². The number of piperidine rings is 1. The quantitative estimate of drug-likeness (QED) is 0.795. The number of ketones is 1. The number of rotatable bonds is 3. The first kappa shape index (κ1) is 14.3. The Bertz CT molecular complexity index is 755. The van der Waals surface area contributed by atoms with E-state index in [0.29, 0.717) is 12.8 Å². The predicted molar refractivity (Wildman–Crippen MR) is 83.2 cm³/mol. The highest BCUT2D eigenvalue weighted by molar-refractivity contribution is 6.11. The molecule has 1 fully saturated rings. The maximum absolute atomic E-state index is 12.9. The van der Waals surface area contributed by atoms with Gasteiger partial charge in [-0.2, -0.15) is 0 Å². The number of hydrogen-bond donors (Lipinski definition) is 0. The Labute approximate surface area is 133 Å². The summed E-state index contributed by atoms with van der Waals surface area (Å²) in [4.78, 5) is 38.7. The van der Waals surface area contributed by atoms with Gasteiger partial charge < -0.3 is 14.4 Å². The molecule has 0 unspecified atom stereocenters. The Hall–Kier alpha value is -2.27. The van der Waals surface area contributed by atoms with Crippen molar-refractivity contribution in [2.24, 2.45) is 0 Å². The first-order valence-corrected chi connectivity index (χ1v) is 7.75. The minimum Gasteiger partial charge on any atom is -0.372 e. The van der Waals surface area contributed by atoms with Crippen LogP contribution in [-0.2, 0) is 24.5 Å². The SMILES string of the molecule is CO[C@@]12C=CC(=O)[C@@]3(CC=O)c4ccccc4N(C(=O)CC1)[C@H]32. The zero-order chi connectivity index (χ0) is 16.2. The van der Waals surface area contributed by atoms with Gasteiger partial charge in [0.05, 0.1) is 11.5 Å². The van der Waals surface area contributed by atoms with E-state index in [9.17, 15) is 14.4 Å². The van der Waals surface area contributed by atoms with Gasteiger partial charge in [-0.25, -0.2) is 0 Å². The molecule has 1 aromatic rings. The molecule has 1 aromatic carbocycles. The molecule has 5 nitrogen and oxygen atoms in total. The Morgan fingerprint density at radius 3 is 2.87 bits per heavy atom. The molecule has 4 rings (SSSR count). The van der Waals surface area contributed by atoms with Gasteiger partial charge in [-0.05, 0) is 30.2 Å². The summed E-state index contributed by atoms with van der Waals surface area (Å²) in [6.45, 7) is 0. The molecule has 5 heteroatoms. The van der Waals surface area contributed by atoms with Crippen LogP contribution in [-0.4, -0.2) is 36.7 Å². The molecule has 0 spiro atoms. The van der Waals surface area contributed by atoms with Gasteiger partial charge >= 0.3 is 0 Å².